The number of carbonyl (C=O) groups is 2. The zero-order valence-corrected chi connectivity index (χ0v) is 18.2. The molecule has 32 heavy (non-hydrogen) atoms. The molecule has 0 atom stereocenters. The minimum atomic E-state index is -0.617. The number of esters is 1. The molecule has 3 aromatic rings. The van der Waals surface area contributed by atoms with Crippen LogP contribution in [0.1, 0.15) is 33.2 Å². The average Bonchev–Trinajstić information content (AvgIpc) is 2.83. The molecule has 0 radical (unpaired) electrons. The number of hydrogen-bond acceptors (Lipinski definition) is 6. The van der Waals surface area contributed by atoms with E-state index in [4.69, 9.17) is 18.9 Å². The summed E-state index contributed by atoms with van der Waals surface area (Å²) in [5.74, 6) is 1.000. The second-order valence-electron chi connectivity index (χ2n) is 6.65. The van der Waals surface area contributed by atoms with Gasteiger partial charge < -0.3 is 18.9 Å². The van der Waals surface area contributed by atoms with Crippen molar-refractivity contribution in [1.82, 2.24) is 0 Å². The third kappa shape index (κ3) is 5.55. The van der Waals surface area contributed by atoms with Gasteiger partial charge in [0.05, 0.1) is 20.8 Å². The van der Waals surface area contributed by atoms with Crippen LogP contribution in [-0.4, -0.2) is 32.6 Å². The van der Waals surface area contributed by atoms with Crippen LogP contribution in [0.25, 0.3) is 6.08 Å². The summed E-state index contributed by atoms with van der Waals surface area (Å²) in [6.45, 7) is 2.53. The van der Waals surface area contributed by atoms with Crippen LogP contribution in [0.4, 0.5) is 0 Å². The fraction of sp³-hybridized carbons (Fsp3) is 0.154. The number of methoxy groups -OCH3 is 2. The minimum absolute atomic E-state index is 0.164. The lowest BCUT2D eigenvalue weighted by Crippen LogP contribution is -2.12. The van der Waals surface area contributed by atoms with E-state index >= 15 is 0 Å². The number of carbonyl (C=O) groups excluding carboxylic acids is 2. The standard InChI is InChI=1S/C26H24O6/c1-4-31-20-13-8-18(9-14-20)10-17-22(27)19-11-15-21(16-12-19)32-26(28)25-23(29-2)6-5-7-24(25)30-3/h5-17H,4H2,1-3H3. The smallest absolute Gasteiger partial charge is 0.351 e. The Balaban J connectivity index is 1.67. The molecule has 0 saturated heterocycles. The summed E-state index contributed by atoms with van der Waals surface area (Å²) >= 11 is 0. The first-order valence-corrected chi connectivity index (χ1v) is 10.0. The third-order valence-electron chi connectivity index (χ3n) is 4.60. The number of ether oxygens (including phenoxy) is 4. The Hall–Kier alpha value is -4.06. The van der Waals surface area contributed by atoms with Crippen molar-refractivity contribution in [3.8, 4) is 23.0 Å². The number of ketones is 1. The fourth-order valence-electron chi connectivity index (χ4n) is 3.01. The molecule has 3 aromatic carbocycles. The van der Waals surface area contributed by atoms with E-state index in [-0.39, 0.29) is 11.3 Å². The summed E-state index contributed by atoms with van der Waals surface area (Å²) in [5, 5.41) is 0. The van der Waals surface area contributed by atoms with Crippen LogP contribution < -0.4 is 18.9 Å². The van der Waals surface area contributed by atoms with Crippen LogP contribution >= 0.6 is 0 Å². The van der Waals surface area contributed by atoms with Crippen LogP contribution in [-0.2, 0) is 0 Å². The van der Waals surface area contributed by atoms with E-state index in [0.29, 0.717) is 29.4 Å². The summed E-state index contributed by atoms with van der Waals surface area (Å²) < 4.78 is 21.3. The summed E-state index contributed by atoms with van der Waals surface area (Å²) in [6, 6.07) is 18.8. The zero-order chi connectivity index (χ0) is 22.9. The van der Waals surface area contributed by atoms with Crippen molar-refractivity contribution >= 4 is 17.8 Å². The highest BCUT2D eigenvalue weighted by Crippen LogP contribution is 2.29. The molecule has 0 unspecified atom stereocenters. The van der Waals surface area contributed by atoms with Crippen molar-refractivity contribution in [3.63, 3.8) is 0 Å². The Morgan fingerprint density at radius 1 is 0.812 bits per heavy atom. The van der Waals surface area contributed by atoms with Gasteiger partial charge in [0.15, 0.2) is 5.78 Å². The van der Waals surface area contributed by atoms with Gasteiger partial charge in [0.2, 0.25) is 0 Å². The van der Waals surface area contributed by atoms with Gasteiger partial charge in [-0.3, -0.25) is 4.79 Å². The quantitative estimate of drug-likeness (QED) is 0.200. The lowest BCUT2D eigenvalue weighted by Gasteiger charge is -2.12. The highest BCUT2D eigenvalue weighted by Gasteiger charge is 2.20. The summed E-state index contributed by atoms with van der Waals surface area (Å²) in [7, 11) is 2.93. The lowest BCUT2D eigenvalue weighted by atomic mass is 10.1. The molecule has 164 valence electrons. The number of allylic oxidation sites excluding steroid dienone is 1. The molecule has 0 heterocycles. The molecule has 0 fully saturated rings. The predicted octanol–water partition coefficient (Wildman–Crippen LogP) is 5.22. The molecule has 0 aliphatic rings. The Kier molecular flexibility index (Phi) is 7.65. The highest BCUT2D eigenvalue weighted by molar-refractivity contribution is 6.07. The maximum Gasteiger partial charge on any atom is 0.351 e. The van der Waals surface area contributed by atoms with E-state index in [0.717, 1.165) is 11.3 Å². The molecule has 0 bridgehead atoms. The molecule has 6 heteroatoms. The lowest BCUT2D eigenvalue weighted by molar-refractivity contribution is 0.0727. The maximum absolute atomic E-state index is 12.6. The van der Waals surface area contributed by atoms with Gasteiger partial charge in [-0.15, -0.1) is 0 Å². The van der Waals surface area contributed by atoms with Crippen LogP contribution in [0.5, 0.6) is 23.0 Å². The molecule has 6 nitrogen and oxygen atoms in total. The normalized spacial score (nSPS) is 10.6. The molecule has 0 spiro atoms. The average molecular weight is 432 g/mol. The summed E-state index contributed by atoms with van der Waals surface area (Å²) in [5.41, 5.74) is 1.55. The van der Waals surface area contributed by atoms with Crippen LogP contribution in [0.3, 0.4) is 0 Å². The Labute approximate surface area is 187 Å². The topological polar surface area (TPSA) is 71.1 Å². The minimum Gasteiger partial charge on any atom is -0.496 e. The van der Waals surface area contributed by atoms with Crippen molar-refractivity contribution in [2.75, 3.05) is 20.8 Å². The first-order valence-electron chi connectivity index (χ1n) is 10.0. The number of benzene rings is 3. The SMILES string of the molecule is CCOc1ccc(C=CC(=O)c2ccc(OC(=O)c3c(OC)cccc3OC)cc2)cc1. The molecular formula is C26H24O6. The van der Waals surface area contributed by atoms with Crippen LogP contribution in [0.15, 0.2) is 72.8 Å². The van der Waals surface area contributed by atoms with Gasteiger partial charge in [0.25, 0.3) is 0 Å². The van der Waals surface area contributed by atoms with Crippen molar-refractivity contribution in [2.45, 2.75) is 6.92 Å². The molecule has 0 N–H and O–H groups in total. The molecule has 3 rings (SSSR count). The molecule has 0 aliphatic carbocycles. The largest absolute Gasteiger partial charge is 0.496 e. The van der Waals surface area contributed by atoms with Crippen molar-refractivity contribution in [3.05, 3.63) is 89.5 Å². The fourth-order valence-corrected chi connectivity index (χ4v) is 3.01. The van der Waals surface area contributed by atoms with Crippen molar-refractivity contribution in [1.29, 1.82) is 0 Å². The monoisotopic (exact) mass is 432 g/mol. The van der Waals surface area contributed by atoms with Gasteiger partial charge in [-0.1, -0.05) is 24.3 Å². The highest BCUT2D eigenvalue weighted by atomic mass is 16.5. The van der Waals surface area contributed by atoms with E-state index in [9.17, 15) is 9.59 Å². The Morgan fingerprint density at radius 2 is 1.41 bits per heavy atom. The van der Waals surface area contributed by atoms with E-state index in [2.05, 4.69) is 0 Å². The van der Waals surface area contributed by atoms with Crippen molar-refractivity contribution < 1.29 is 28.5 Å². The van der Waals surface area contributed by atoms with E-state index in [1.807, 2.05) is 31.2 Å². The van der Waals surface area contributed by atoms with E-state index in [1.165, 1.54) is 20.3 Å². The Bertz CT molecular complexity index is 1080. The van der Waals surface area contributed by atoms with Gasteiger partial charge in [0.1, 0.15) is 28.6 Å². The Morgan fingerprint density at radius 3 is 1.97 bits per heavy atom. The van der Waals surface area contributed by atoms with Crippen molar-refractivity contribution in [2.24, 2.45) is 0 Å². The van der Waals surface area contributed by atoms with Gasteiger partial charge in [0, 0.05) is 5.56 Å². The predicted molar refractivity (Wildman–Crippen MR) is 122 cm³/mol. The van der Waals surface area contributed by atoms with Gasteiger partial charge >= 0.3 is 5.97 Å². The second kappa shape index (κ2) is 10.8. The molecule has 0 amide bonds. The van der Waals surface area contributed by atoms with E-state index < -0.39 is 5.97 Å². The first-order chi connectivity index (χ1) is 15.5. The van der Waals surface area contributed by atoms with Crippen LogP contribution in [0.2, 0.25) is 0 Å². The third-order valence-corrected chi connectivity index (χ3v) is 4.60. The van der Waals surface area contributed by atoms with Crippen LogP contribution in [0, 0.1) is 0 Å². The number of hydrogen-bond donors (Lipinski definition) is 0. The molecular weight excluding hydrogens is 408 g/mol. The van der Waals surface area contributed by atoms with Gasteiger partial charge in [-0.2, -0.15) is 0 Å². The summed E-state index contributed by atoms with van der Waals surface area (Å²) in [4.78, 5) is 25.1. The molecule has 0 aromatic heterocycles. The van der Waals surface area contributed by atoms with E-state index in [1.54, 1.807) is 48.5 Å². The summed E-state index contributed by atoms with van der Waals surface area (Å²) in [6.07, 6.45) is 3.23. The number of rotatable bonds is 9. The van der Waals surface area contributed by atoms with Gasteiger partial charge in [-0.25, -0.2) is 4.79 Å². The molecule has 0 saturated carbocycles. The van der Waals surface area contributed by atoms with Gasteiger partial charge in [-0.05, 0) is 67.1 Å². The second-order valence-corrected chi connectivity index (χ2v) is 6.65. The maximum atomic E-state index is 12.6. The molecule has 0 aliphatic heterocycles. The first kappa shape index (κ1) is 22.6. The zero-order valence-electron chi connectivity index (χ0n) is 18.2.